The zero-order valence-electron chi connectivity index (χ0n) is 23.5. The highest BCUT2D eigenvalue weighted by atomic mass is 16.5. The summed E-state index contributed by atoms with van der Waals surface area (Å²) in [6.45, 7) is 4.27. The Bertz CT molecular complexity index is 1110. The molecule has 2 heterocycles. The summed E-state index contributed by atoms with van der Waals surface area (Å²) in [5.41, 5.74) is 2.96. The molecule has 9 nitrogen and oxygen atoms in total. The van der Waals surface area contributed by atoms with E-state index in [9.17, 15) is 19.2 Å². The standard InChI is InChI=1S/C31H42N2O7/c1-21(40-17-16-39-15-4-2-3-14-34)18-22-6-5-7-23(9-8-22)19-24-10-11-25-26(20-24)31(38)33(30(25)37)27-12-13-28(35)32-29(27)36/h7,10-11,20-22,27,34H,2-6,8-9,12-19H2,1H3,(H,32,35,36). The second-order valence-corrected chi connectivity index (χ2v) is 11.2. The van der Waals surface area contributed by atoms with Gasteiger partial charge < -0.3 is 14.6 Å². The first kappa shape index (κ1) is 30.1. The lowest BCUT2D eigenvalue weighted by Crippen LogP contribution is -2.54. The predicted octanol–water partition coefficient (Wildman–Crippen LogP) is 3.72. The molecule has 3 unspecified atom stereocenters. The number of aliphatic hydroxyl groups excluding tert-OH is 1. The van der Waals surface area contributed by atoms with Crippen molar-refractivity contribution in [2.75, 3.05) is 26.4 Å². The number of ether oxygens (including phenoxy) is 2. The third kappa shape index (κ3) is 7.86. The van der Waals surface area contributed by atoms with E-state index in [0.717, 1.165) is 68.3 Å². The topological polar surface area (TPSA) is 122 Å². The summed E-state index contributed by atoms with van der Waals surface area (Å²) in [6, 6.07) is 4.42. The molecule has 1 aromatic rings. The van der Waals surface area contributed by atoms with Gasteiger partial charge in [0.2, 0.25) is 11.8 Å². The van der Waals surface area contributed by atoms with Gasteiger partial charge in [0.25, 0.3) is 11.8 Å². The molecule has 40 heavy (non-hydrogen) atoms. The molecule has 1 aliphatic carbocycles. The van der Waals surface area contributed by atoms with E-state index in [4.69, 9.17) is 14.6 Å². The number of benzene rings is 1. The smallest absolute Gasteiger partial charge is 0.262 e. The Balaban J connectivity index is 1.22. The number of hydrogen-bond donors (Lipinski definition) is 2. The normalized spacial score (nSPS) is 22.1. The van der Waals surface area contributed by atoms with Crippen LogP contribution in [0.25, 0.3) is 0 Å². The van der Waals surface area contributed by atoms with E-state index in [0.29, 0.717) is 36.9 Å². The third-order valence-electron chi connectivity index (χ3n) is 8.06. The van der Waals surface area contributed by atoms with Crippen molar-refractivity contribution in [2.24, 2.45) is 5.92 Å². The molecule has 1 fully saturated rings. The van der Waals surface area contributed by atoms with Crippen LogP contribution in [0.3, 0.4) is 0 Å². The fourth-order valence-corrected chi connectivity index (χ4v) is 5.89. The number of unbranched alkanes of at least 4 members (excludes halogenated alkanes) is 2. The van der Waals surface area contributed by atoms with Crippen LogP contribution in [0.1, 0.15) is 97.4 Å². The SMILES string of the molecule is CC(CC1CCC=C(Cc2ccc3c(c2)C(=O)N(C2CCC(=O)NC2=O)C3=O)CC1)OCCOCCCCCO. The van der Waals surface area contributed by atoms with Gasteiger partial charge in [-0.05, 0) is 94.7 Å². The van der Waals surface area contributed by atoms with Crippen LogP contribution >= 0.6 is 0 Å². The molecule has 4 amide bonds. The number of imide groups is 2. The number of aliphatic hydroxyl groups is 1. The molecule has 1 saturated heterocycles. The van der Waals surface area contributed by atoms with Crippen LogP contribution in [0.2, 0.25) is 0 Å². The predicted molar refractivity (Wildman–Crippen MR) is 149 cm³/mol. The summed E-state index contributed by atoms with van der Waals surface area (Å²) in [6.07, 6.45) is 11.5. The maximum atomic E-state index is 13.1. The van der Waals surface area contributed by atoms with Gasteiger partial charge in [-0.3, -0.25) is 29.4 Å². The Morgan fingerprint density at radius 1 is 0.975 bits per heavy atom. The van der Waals surface area contributed by atoms with Crippen LogP contribution in [0.15, 0.2) is 29.8 Å². The fraction of sp³-hybridized carbons (Fsp3) is 0.613. The number of piperidine rings is 1. The van der Waals surface area contributed by atoms with Crippen molar-refractivity contribution in [1.82, 2.24) is 10.2 Å². The molecule has 3 atom stereocenters. The number of hydrogen-bond acceptors (Lipinski definition) is 7. The first-order valence-electron chi connectivity index (χ1n) is 14.7. The van der Waals surface area contributed by atoms with Gasteiger partial charge in [0.05, 0.1) is 30.4 Å². The summed E-state index contributed by atoms with van der Waals surface area (Å²) >= 11 is 0. The lowest BCUT2D eigenvalue weighted by Gasteiger charge is -2.27. The molecular weight excluding hydrogens is 512 g/mol. The van der Waals surface area contributed by atoms with Gasteiger partial charge in [0.15, 0.2) is 0 Å². The molecule has 9 heteroatoms. The Labute approximate surface area is 236 Å². The summed E-state index contributed by atoms with van der Waals surface area (Å²) < 4.78 is 11.6. The van der Waals surface area contributed by atoms with Crippen LogP contribution in [-0.2, 0) is 25.5 Å². The molecule has 218 valence electrons. The minimum absolute atomic E-state index is 0.107. The zero-order valence-corrected chi connectivity index (χ0v) is 23.5. The summed E-state index contributed by atoms with van der Waals surface area (Å²) in [5.74, 6) is -1.33. The Kier molecular flexibility index (Phi) is 11.0. The van der Waals surface area contributed by atoms with E-state index in [1.807, 2.05) is 6.07 Å². The number of nitrogens with one attached hydrogen (secondary N) is 1. The first-order chi connectivity index (χ1) is 19.4. The minimum atomic E-state index is -0.948. The van der Waals surface area contributed by atoms with Crippen molar-refractivity contribution in [2.45, 2.75) is 89.7 Å². The maximum absolute atomic E-state index is 13.1. The lowest BCUT2D eigenvalue weighted by atomic mass is 9.92. The van der Waals surface area contributed by atoms with Crippen molar-refractivity contribution in [1.29, 1.82) is 0 Å². The lowest BCUT2D eigenvalue weighted by molar-refractivity contribution is -0.136. The largest absolute Gasteiger partial charge is 0.396 e. The molecule has 0 aromatic heterocycles. The Morgan fingerprint density at radius 2 is 1.80 bits per heavy atom. The molecule has 0 spiro atoms. The van der Waals surface area contributed by atoms with Gasteiger partial charge in [0, 0.05) is 19.6 Å². The number of allylic oxidation sites excluding steroid dienone is 2. The molecular formula is C31H42N2O7. The van der Waals surface area contributed by atoms with Crippen LogP contribution in [-0.4, -0.2) is 72.2 Å². The van der Waals surface area contributed by atoms with E-state index in [2.05, 4.69) is 18.3 Å². The van der Waals surface area contributed by atoms with E-state index in [1.54, 1.807) is 12.1 Å². The van der Waals surface area contributed by atoms with Crippen LogP contribution in [0.5, 0.6) is 0 Å². The zero-order chi connectivity index (χ0) is 28.5. The molecule has 2 N–H and O–H groups in total. The molecule has 0 bridgehead atoms. The van der Waals surface area contributed by atoms with Gasteiger partial charge in [-0.1, -0.05) is 17.7 Å². The molecule has 4 rings (SSSR count). The number of nitrogens with zero attached hydrogens (tertiary/aromatic N) is 1. The van der Waals surface area contributed by atoms with Crippen molar-refractivity contribution < 1.29 is 33.8 Å². The Morgan fingerprint density at radius 3 is 2.60 bits per heavy atom. The van der Waals surface area contributed by atoms with Gasteiger partial charge in [-0.25, -0.2) is 0 Å². The first-order valence-corrected chi connectivity index (χ1v) is 14.7. The summed E-state index contributed by atoms with van der Waals surface area (Å²) in [4.78, 5) is 50.9. The quantitative estimate of drug-likeness (QED) is 0.204. The number of rotatable bonds is 14. The molecule has 0 radical (unpaired) electrons. The second-order valence-electron chi connectivity index (χ2n) is 11.2. The van der Waals surface area contributed by atoms with Gasteiger partial charge in [-0.2, -0.15) is 0 Å². The fourth-order valence-electron chi connectivity index (χ4n) is 5.89. The van der Waals surface area contributed by atoms with Gasteiger partial charge in [0.1, 0.15) is 6.04 Å². The van der Waals surface area contributed by atoms with Crippen LogP contribution in [0, 0.1) is 5.92 Å². The second kappa shape index (κ2) is 14.7. The van der Waals surface area contributed by atoms with E-state index in [-0.39, 0.29) is 31.5 Å². The van der Waals surface area contributed by atoms with E-state index < -0.39 is 23.8 Å². The highest BCUT2D eigenvalue weighted by molar-refractivity contribution is 6.23. The number of amides is 4. The number of carbonyl (C=O) groups is 4. The van der Waals surface area contributed by atoms with Gasteiger partial charge in [-0.15, -0.1) is 0 Å². The molecule has 2 aliphatic heterocycles. The van der Waals surface area contributed by atoms with E-state index >= 15 is 0 Å². The maximum Gasteiger partial charge on any atom is 0.262 e. The third-order valence-corrected chi connectivity index (χ3v) is 8.06. The highest BCUT2D eigenvalue weighted by Crippen LogP contribution is 2.31. The van der Waals surface area contributed by atoms with Gasteiger partial charge >= 0.3 is 0 Å². The van der Waals surface area contributed by atoms with Crippen molar-refractivity contribution >= 4 is 23.6 Å². The summed E-state index contributed by atoms with van der Waals surface area (Å²) in [7, 11) is 0. The number of fused-ring (bicyclic) bond motifs is 1. The van der Waals surface area contributed by atoms with Crippen molar-refractivity contribution in [3.8, 4) is 0 Å². The molecule has 0 saturated carbocycles. The van der Waals surface area contributed by atoms with Crippen molar-refractivity contribution in [3.63, 3.8) is 0 Å². The molecule has 1 aromatic carbocycles. The average molecular weight is 555 g/mol. The monoisotopic (exact) mass is 554 g/mol. The molecule has 3 aliphatic rings. The highest BCUT2D eigenvalue weighted by Gasteiger charge is 2.44. The van der Waals surface area contributed by atoms with Crippen molar-refractivity contribution in [3.05, 3.63) is 46.5 Å². The van der Waals surface area contributed by atoms with Crippen LogP contribution < -0.4 is 5.32 Å². The number of carbonyl (C=O) groups excluding carboxylic acids is 4. The minimum Gasteiger partial charge on any atom is -0.396 e. The average Bonchev–Trinajstić information content (AvgIpc) is 3.05. The van der Waals surface area contributed by atoms with E-state index in [1.165, 1.54) is 5.57 Å². The summed E-state index contributed by atoms with van der Waals surface area (Å²) in [5, 5.41) is 11.0. The Hall–Kier alpha value is -2.88. The van der Waals surface area contributed by atoms with Crippen LogP contribution in [0.4, 0.5) is 0 Å².